The number of allylic oxidation sites excluding steroid dienone is 1. The van der Waals surface area contributed by atoms with Crippen molar-refractivity contribution in [2.45, 2.75) is 46.1 Å². The number of hydrogen-bond acceptors (Lipinski definition) is 1. The number of aromatic nitrogens is 1. The number of hydrogen-bond donors (Lipinski definition) is 1. The van der Waals surface area contributed by atoms with Crippen LogP contribution < -0.4 is 0 Å². The highest BCUT2D eigenvalue weighted by molar-refractivity contribution is 5.92. The lowest BCUT2D eigenvalue weighted by Crippen LogP contribution is -2.09. The summed E-state index contributed by atoms with van der Waals surface area (Å²) in [4.78, 5) is 10.9. The minimum absolute atomic E-state index is 0.310. The molecular weight excluding hydrogens is 334 g/mol. The van der Waals surface area contributed by atoms with Crippen LogP contribution in [0.3, 0.4) is 0 Å². The summed E-state index contributed by atoms with van der Waals surface area (Å²) in [7, 11) is 0. The number of carboxylic acids is 1. The first-order valence-electron chi connectivity index (χ1n) is 9.58. The first-order valence-corrected chi connectivity index (χ1v) is 9.58. The summed E-state index contributed by atoms with van der Waals surface area (Å²) >= 11 is 0. The number of nitrogens with zero attached hydrogens (tertiary/aromatic N) is 1. The molecule has 1 aromatic heterocycles. The van der Waals surface area contributed by atoms with Crippen LogP contribution >= 0.6 is 0 Å². The van der Waals surface area contributed by atoms with Gasteiger partial charge in [-0.25, -0.2) is 4.79 Å². The molecule has 1 unspecified atom stereocenters. The molecule has 1 atom stereocenters. The molecular formula is C24H27NO2. The third-order valence-electron chi connectivity index (χ3n) is 5.14. The molecule has 0 aliphatic heterocycles. The predicted molar refractivity (Wildman–Crippen MR) is 112 cm³/mol. The van der Waals surface area contributed by atoms with Crippen molar-refractivity contribution >= 4 is 22.4 Å². The lowest BCUT2D eigenvalue weighted by molar-refractivity contribution is -0.131. The Balaban J connectivity index is 2.02. The average molecular weight is 361 g/mol. The van der Waals surface area contributed by atoms with Crippen LogP contribution in [0.2, 0.25) is 0 Å². The maximum absolute atomic E-state index is 10.9. The number of rotatable bonds is 7. The molecule has 3 nitrogen and oxygen atoms in total. The van der Waals surface area contributed by atoms with Crippen LogP contribution in [-0.2, 0) is 4.79 Å². The highest BCUT2D eigenvalue weighted by atomic mass is 16.4. The van der Waals surface area contributed by atoms with E-state index in [2.05, 4.69) is 67.1 Å². The molecule has 0 aliphatic carbocycles. The monoisotopic (exact) mass is 361 g/mol. The second-order valence-corrected chi connectivity index (χ2v) is 7.23. The van der Waals surface area contributed by atoms with E-state index in [-0.39, 0.29) is 0 Å². The number of benzene rings is 2. The second-order valence-electron chi connectivity index (χ2n) is 7.23. The van der Waals surface area contributed by atoms with Gasteiger partial charge in [0, 0.05) is 23.2 Å². The van der Waals surface area contributed by atoms with E-state index in [4.69, 9.17) is 5.11 Å². The predicted octanol–water partition coefficient (Wildman–Crippen LogP) is 6.22. The number of aryl methyl sites for hydroxylation is 1. The molecule has 140 valence electrons. The summed E-state index contributed by atoms with van der Waals surface area (Å²) in [5.41, 5.74) is 5.50. The lowest BCUT2D eigenvalue weighted by atomic mass is 9.99. The smallest absolute Gasteiger partial charge is 0.328 e. The molecule has 0 fully saturated rings. The molecule has 2 aromatic carbocycles. The Bertz CT molecular complexity index is 964. The van der Waals surface area contributed by atoms with Crippen molar-refractivity contribution in [2.75, 3.05) is 0 Å². The third-order valence-corrected chi connectivity index (χ3v) is 5.14. The Kier molecular flexibility index (Phi) is 5.80. The number of carbonyl (C=O) groups is 1. The highest BCUT2D eigenvalue weighted by Gasteiger charge is 2.15. The fourth-order valence-electron chi connectivity index (χ4n) is 3.60. The van der Waals surface area contributed by atoms with Crippen LogP contribution in [0, 0.1) is 6.92 Å². The fraction of sp³-hybridized carbons (Fsp3) is 0.292. The van der Waals surface area contributed by atoms with Crippen molar-refractivity contribution in [1.29, 1.82) is 0 Å². The zero-order valence-corrected chi connectivity index (χ0v) is 16.3. The summed E-state index contributed by atoms with van der Waals surface area (Å²) in [5, 5.41) is 10.1. The standard InChI is InChI=1S/C24H27NO2/c1-4-5-6-22(19-9-7-17(2)8-10-19)25-14-13-21-16-20(11-12-23(21)25)18(3)15-24(26)27/h7-16,22H,4-6H2,1-3H3,(H,26,27)/b18-15+. The van der Waals surface area contributed by atoms with Crippen molar-refractivity contribution < 1.29 is 9.90 Å². The summed E-state index contributed by atoms with van der Waals surface area (Å²) in [6, 6.07) is 17.5. The Morgan fingerprint density at radius 3 is 2.56 bits per heavy atom. The normalized spacial score (nSPS) is 13.1. The largest absolute Gasteiger partial charge is 0.478 e. The van der Waals surface area contributed by atoms with Crippen molar-refractivity contribution in [1.82, 2.24) is 4.57 Å². The maximum Gasteiger partial charge on any atom is 0.328 e. The molecule has 0 aliphatic rings. The Labute approximate surface area is 161 Å². The van der Waals surface area contributed by atoms with Crippen LogP contribution in [0.15, 0.2) is 60.8 Å². The van der Waals surface area contributed by atoms with E-state index in [1.807, 2.05) is 13.0 Å². The van der Waals surface area contributed by atoms with E-state index in [0.717, 1.165) is 22.9 Å². The van der Waals surface area contributed by atoms with Gasteiger partial charge in [0.05, 0.1) is 6.04 Å². The highest BCUT2D eigenvalue weighted by Crippen LogP contribution is 2.31. The SMILES string of the molecule is CCCCC(c1ccc(C)cc1)n1ccc2cc(/C(C)=C/C(=O)O)ccc21. The van der Waals surface area contributed by atoms with Gasteiger partial charge in [-0.2, -0.15) is 0 Å². The minimum Gasteiger partial charge on any atom is -0.478 e. The average Bonchev–Trinajstić information content (AvgIpc) is 3.06. The molecule has 0 spiro atoms. The molecule has 0 amide bonds. The van der Waals surface area contributed by atoms with Gasteiger partial charge < -0.3 is 9.67 Å². The van der Waals surface area contributed by atoms with Gasteiger partial charge in [-0.3, -0.25) is 0 Å². The maximum atomic E-state index is 10.9. The van der Waals surface area contributed by atoms with Crippen molar-refractivity contribution in [3.05, 3.63) is 77.5 Å². The second kappa shape index (κ2) is 8.26. The molecule has 3 aromatic rings. The van der Waals surface area contributed by atoms with Gasteiger partial charge in [0.1, 0.15) is 0 Å². The molecule has 0 saturated carbocycles. The van der Waals surface area contributed by atoms with Gasteiger partial charge in [-0.15, -0.1) is 0 Å². The molecule has 0 radical (unpaired) electrons. The quantitative estimate of drug-likeness (QED) is 0.508. The fourth-order valence-corrected chi connectivity index (χ4v) is 3.60. The number of unbranched alkanes of at least 4 members (excludes halogenated alkanes) is 1. The summed E-state index contributed by atoms with van der Waals surface area (Å²) in [6.45, 7) is 6.18. The number of aliphatic carboxylic acids is 1. The van der Waals surface area contributed by atoms with E-state index in [1.165, 1.54) is 35.6 Å². The summed E-state index contributed by atoms with van der Waals surface area (Å²) in [5.74, 6) is -0.913. The minimum atomic E-state index is -0.913. The van der Waals surface area contributed by atoms with Gasteiger partial charge in [0.25, 0.3) is 0 Å². The molecule has 3 heteroatoms. The van der Waals surface area contributed by atoms with E-state index in [9.17, 15) is 4.79 Å². The van der Waals surface area contributed by atoms with Crippen LogP contribution in [0.25, 0.3) is 16.5 Å². The molecule has 27 heavy (non-hydrogen) atoms. The topological polar surface area (TPSA) is 42.2 Å². The van der Waals surface area contributed by atoms with Crippen molar-refractivity contribution in [3.8, 4) is 0 Å². The zero-order valence-electron chi connectivity index (χ0n) is 16.3. The molecule has 1 N–H and O–H groups in total. The van der Waals surface area contributed by atoms with E-state index < -0.39 is 5.97 Å². The van der Waals surface area contributed by atoms with Crippen molar-refractivity contribution in [3.63, 3.8) is 0 Å². The Hall–Kier alpha value is -2.81. The Morgan fingerprint density at radius 1 is 1.15 bits per heavy atom. The van der Waals surface area contributed by atoms with Gasteiger partial charge in [0.2, 0.25) is 0 Å². The van der Waals surface area contributed by atoms with E-state index in [1.54, 1.807) is 0 Å². The lowest BCUT2D eigenvalue weighted by Gasteiger charge is -2.21. The van der Waals surface area contributed by atoms with Crippen molar-refractivity contribution in [2.24, 2.45) is 0 Å². The van der Waals surface area contributed by atoms with Crippen LogP contribution in [0.1, 0.15) is 55.8 Å². The zero-order chi connectivity index (χ0) is 19.4. The number of fused-ring (bicyclic) bond motifs is 1. The van der Waals surface area contributed by atoms with Gasteiger partial charge >= 0.3 is 5.97 Å². The number of carboxylic acid groups (broad SMARTS) is 1. The third kappa shape index (κ3) is 4.30. The Morgan fingerprint density at radius 2 is 1.89 bits per heavy atom. The van der Waals surface area contributed by atoms with E-state index in [0.29, 0.717) is 6.04 Å². The van der Waals surface area contributed by atoms with Gasteiger partial charge in [0.15, 0.2) is 0 Å². The first-order chi connectivity index (χ1) is 13.0. The van der Waals surface area contributed by atoms with Crippen LogP contribution in [0.4, 0.5) is 0 Å². The summed E-state index contributed by atoms with van der Waals surface area (Å²) < 4.78 is 2.36. The molecule has 1 heterocycles. The molecule has 0 saturated heterocycles. The summed E-state index contributed by atoms with van der Waals surface area (Å²) in [6.07, 6.45) is 6.87. The molecule has 0 bridgehead atoms. The van der Waals surface area contributed by atoms with Crippen LogP contribution in [0.5, 0.6) is 0 Å². The molecule has 3 rings (SSSR count). The van der Waals surface area contributed by atoms with Crippen LogP contribution in [-0.4, -0.2) is 15.6 Å². The van der Waals surface area contributed by atoms with E-state index >= 15 is 0 Å². The first kappa shape index (κ1) is 19.0. The van der Waals surface area contributed by atoms with Gasteiger partial charge in [-0.05, 0) is 55.2 Å². The van der Waals surface area contributed by atoms with Gasteiger partial charge in [-0.1, -0.05) is 55.7 Å².